The predicted octanol–water partition coefficient (Wildman–Crippen LogP) is 0.904. The van der Waals surface area contributed by atoms with E-state index in [1.807, 2.05) is 0 Å². The fourth-order valence-corrected chi connectivity index (χ4v) is 2.44. The van der Waals surface area contributed by atoms with E-state index in [1.54, 1.807) is 30.3 Å². The van der Waals surface area contributed by atoms with E-state index in [-0.39, 0.29) is 11.3 Å². The number of phenols is 1. The summed E-state index contributed by atoms with van der Waals surface area (Å²) in [5.41, 5.74) is -0.211. The Hall–Kier alpha value is -3.62. The van der Waals surface area contributed by atoms with E-state index in [1.165, 1.54) is 6.07 Å². The Kier molecular flexibility index (Phi) is 5.41. The van der Waals surface area contributed by atoms with Gasteiger partial charge in [-0.15, -0.1) is 0 Å². The molecule has 9 heteroatoms. The zero-order chi connectivity index (χ0) is 19.4. The molecule has 1 amide bonds. The van der Waals surface area contributed by atoms with Crippen molar-refractivity contribution in [2.45, 2.75) is 12.5 Å². The van der Waals surface area contributed by atoms with Crippen LogP contribution in [0.3, 0.4) is 0 Å². The second-order valence-corrected chi connectivity index (χ2v) is 5.51. The molecule has 9 nitrogen and oxygen atoms in total. The average molecular weight is 361 g/mol. The van der Waals surface area contributed by atoms with Crippen LogP contribution < -0.4 is 5.32 Å². The fraction of sp³-hybridized carbons (Fsp3) is 0.176. The van der Waals surface area contributed by atoms with Crippen LogP contribution in [0.25, 0.3) is 10.8 Å². The molecular weight excluding hydrogens is 346 g/mol. The highest BCUT2D eigenvalue weighted by Gasteiger charge is 2.33. The van der Waals surface area contributed by atoms with Gasteiger partial charge in [-0.1, -0.05) is 30.3 Å². The topological polar surface area (TPSA) is 161 Å². The van der Waals surface area contributed by atoms with E-state index in [0.29, 0.717) is 10.8 Å². The maximum absolute atomic E-state index is 12.3. The second-order valence-electron chi connectivity index (χ2n) is 5.51. The minimum Gasteiger partial charge on any atom is -0.506 e. The molecule has 0 aliphatic carbocycles. The molecule has 0 aliphatic heterocycles. The summed E-state index contributed by atoms with van der Waals surface area (Å²) in [7, 11) is 0. The van der Waals surface area contributed by atoms with Gasteiger partial charge in [-0.05, 0) is 11.5 Å². The maximum Gasteiger partial charge on any atom is 0.326 e. The molecule has 0 aromatic heterocycles. The van der Waals surface area contributed by atoms with Crippen molar-refractivity contribution in [3.05, 3.63) is 42.0 Å². The van der Waals surface area contributed by atoms with Gasteiger partial charge >= 0.3 is 17.9 Å². The van der Waals surface area contributed by atoms with Crippen molar-refractivity contribution in [3.8, 4) is 5.75 Å². The summed E-state index contributed by atoms with van der Waals surface area (Å²) in [5, 5.41) is 40.2. The van der Waals surface area contributed by atoms with Crippen molar-refractivity contribution in [1.82, 2.24) is 5.32 Å². The molecule has 0 fully saturated rings. The lowest BCUT2D eigenvalue weighted by atomic mass is 9.99. The second kappa shape index (κ2) is 7.51. The monoisotopic (exact) mass is 361 g/mol. The number of aliphatic carboxylic acids is 3. The van der Waals surface area contributed by atoms with Crippen molar-refractivity contribution in [2.24, 2.45) is 5.92 Å². The normalized spacial score (nSPS) is 11.9. The lowest BCUT2D eigenvalue weighted by Crippen LogP contribution is -2.44. The number of carboxylic acids is 3. The molecule has 5 N–H and O–H groups in total. The number of phenolic OH excluding ortho intramolecular Hbond substituents is 1. The smallest absolute Gasteiger partial charge is 0.326 e. The molecule has 0 bridgehead atoms. The quantitative estimate of drug-likeness (QED) is 0.454. The summed E-state index contributed by atoms with van der Waals surface area (Å²) in [6.07, 6.45) is -0.847. The Morgan fingerprint density at radius 1 is 0.885 bits per heavy atom. The summed E-state index contributed by atoms with van der Waals surface area (Å²) in [5.74, 6) is -8.35. The SMILES string of the molecule is O=C(N[C@@H](CC(C(=O)O)C(=O)O)C(=O)O)c1ccc2ccccc2c1O. The van der Waals surface area contributed by atoms with Gasteiger partial charge in [-0.25, -0.2) is 4.79 Å². The number of hydrogen-bond acceptors (Lipinski definition) is 5. The van der Waals surface area contributed by atoms with E-state index < -0.39 is 42.2 Å². The average Bonchev–Trinajstić information content (AvgIpc) is 2.57. The van der Waals surface area contributed by atoms with Crippen LogP contribution in [0.2, 0.25) is 0 Å². The number of carbonyl (C=O) groups is 4. The van der Waals surface area contributed by atoms with Gasteiger partial charge in [0.05, 0.1) is 5.56 Å². The standard InChI is InChI=1S/C17H15NO8/c19-13-9-4-2-1-3-8(9)5-6-10(13)14(20)18-12(17(25)26)7-11(15(21)22)16(23)24/h1-6,11-12,19H,7H2,(H,18,20)(H,21,22)(H,23,24)(H,25,26)/t12-/m0/s1. The number of carbonyl (C=O) groups excluding carboxylic acids is 1. The molecule has 0 spiro atoms. The molecule has 0 heterocycles. The molecule has 26 heavy (non-hydrogen) atoms. The first-order valence-corrected chi connectivity index (χ1v) is 7.42. The molecule has 136 valence electrons. The molecule has 0 saturated heterocycles. The number of nitrogens with one attached hydrogen (secondary N) is 1. The Bertz CT molecular complexity index is 877. The molecule has 2 rings (SSSR count). The van der Waals surface area contributed by atoms with Gasteiger partial charge in [-0.3, -0.25) is 14.4 Å². The van der Waals surface area contributed by atoms with Crippen LogP contribution in [0.5, 0.6) is 5.75 Å². The zero-order valence-electron chi connectivity index (χ0n) is 13.2. The van der Waals surface area contributed by atoms with Crippen LogP contribution in [0.4, 0.5) is 0 Å². The van der Waals surface area contributed by atoms with E-state index in [0.717, 1.165) is 0 Å². The van der Waals surface area contributed by atoms with Gasteiger partial charge in [0.25, 0.3) is 5.91 Å². The van der Waals surface area contributed by atoms with Crippen molar-refractivity contribution in [1.29, 1.82) is 0 Å². The fourth-order valence-electron chi connectivity index (χ4n) is 2.44. The summed E-state index contributed by atoms with van der Waals surface area (Å²) in [6, 6.07) is 7.75. The van der Waals surface area contributed by atoms with Gasteiger partial charge in [-0.2, -0.15) is 0 Å². The third-order valence-corrected chi connectivity index (χ3v) is 3.82. The van der Waals surface area contributed by atoms with Crippen LogP contribution in [0, 0.1) is 5.92 Å². The van der Waals surface area contributed by atoms with E-state index >= 15 is 0 Å². The number of amides is 1. The lowest BCUT2D eigenvalue weighted by Gasteiger charge is -2.17. The van der Waals surface area contributed by atoms with Gasteiger partial charge in [0.15, 0.2) is 5.92 Å². The van der Waals surface area contributed by atoms with Crippen LogP contribution in [0.1, 0.15) is 16.8 Å². The van der Waals surface area contributed by atoms with Crippen LogP contribution >= 0.6 is 0 Å². The first kappa shape index (κ1) is 18.7. The molecule has 0 aliphatic rings. The number of hydrogen-bond donors (Lipinski definition) is 5. The Balaban J connectivity index is 2.28. The largest absolute Gasteiger partial charge is 0.506 e. The minimum atomic E-state index is -2.00. The minimum absolute atomic E-state index is 0.211. The van der Waals surface area contributed by atoms with E-state index in [2.05, 4.69) is 5.32 Å². The first-order valence-electron chi connectivity index (χ1n) is 7.42. The van der Waals surface area contributed by atoms with Gasteiger partial charge < -0.3 is 25.7 Å². The molecule has 0 radical (unpaired) electrons. The molecule has 0 unspecified atom stereocenters. The third-order valence-electron chi connectivity index (χ3n) is 3.82. The highest BCUT2D eigenvalue weighted by molar-refractivity contribution is 6.04. The molecule has 2 aromatic rings. The highest BCUT2D eigenvalue weighted by atomic mass is 16.4. The van der Waals surface area contributed by atoms with E-state index in [4.69, 9.17) is 15.3 Å². The van der Waals surface area contributed by atoms with Gasteiger partial charge in [0.1, 0.15) is 11.8 Å². The van der Waals surface area contributed by atoms with Crippen LogP contribution in [-0.2, 0) is 14.4 Å². The predicted molar refractivity (Wildman–Crippen MR) is 87.9 cm³/mol. The van der Waals surface area contributed by atoms with E-state index in [9.17, 15) is 24.3 Å². The Morgan fingerprint density at radius 2 is 1.50 bits per heavy atom. The summed E-state index contributed by atoms with van der Waals surface area (Å²) >= 11 is 0. The summed E-state index contributed by atoms with van der Waals surface area (Å²) < 4.78 is 0. The Labute approximate surface area is 146 Å². The van der Waals surface area contributed by atoms with Crippen molar-refractivity contribution in [3.63, 3.8) is 0 Å². The van der Waals surface area contributed by atoms with Crippen LogP contribution in [0.15, 0.2) is 36.4 Å². The van der Waals surface area contributed by atoms with Gasteiger partial charge in [0.2, 0.25) is 0 Å². The van der Waals surface area contributed by atoms with Crippen molar-refractivity contribution < 1.29 is 39.6 Å². The van der Waals surface area contributed by atoms with Gasteiger partial charge in [0, 0.05) is 11.8 Å². The van der Waals surface area contributed by atoms with Crippen molar-refractivity contribution in [2.75, 3.05) is 0 Å². The number of rotatable bonds is 7. The zero-order valence-corrected chi connectivity index (χ0v) is 13.2. The summed E-state index contributed by atoms with van der Waals surface area (Å²) in [4.78, 5) is 45.5. The molecular formula is C17H15NO8. The lowest BCUT2D eigenvalue weighted by molar-refractivity contribution is -0.155. The summed E-state index contributed by atoms with van der Waals surface area (Å²) in [6.45, 7) is 0. The molecule has 0 saturated carbocycles. The number of benzene rings is 2. The maximum atomic E-state index is 12.3. The Morgan fingerprint density at radius 3 is 2.08 bits per heavy atom. The number of fused-ring (bicyclic) bond motifs is 1. The third kappa shape index (κ3) is 3.89. The van der Waals surface area contributed by atoms with Crippen molar-refractivity contribution >= 4 is 34.6 Å². The van der Waals surface area contributed by atoms with Crippen LogP contribution in [-0.4, -0.2) is 50.3 Å². The first-order chi connectivity index (χ1) is 12.2. The molecule has 1 atom stereocenters. The number of carboxylic acid groups (broad SMARTS) is 3. The number of aromatic hydroxyl groups is 1. The molecule has 2 aromatic carbocycles. The highest BCUT2D eigenvalue weighted by Crippen LogP contribution is 2.28.